The number of primary sulfonamides is 1. The number of hydrogen-bond acceptors (Lipinski definition) is 4. The van der Waals surface area contributed by atoms with Gasteiger partial charge < -0.3 is 9.64 Å². The van der Waals surface area contributed by atoms with E-state index in [0.717, 1.165) is 50.0 Å². The largest absolute Gasteiger partial charge is 0.380 e. The monoisotopic (exact) mass is 376 g/mol. The summed E-state index contributed by atoms with van der Waals surface area (Å²) in [6, 6.07) is 3.38. The Kier molecular flexibility index (Phi) is 3.41. The summed E-state index contributed by atoms with van der Waals surface area (Å²) >= 11 is 0. The average molecular weight is 376 g/mol. The predicted octanol–water partition coefficient (Wildman–Crippen LogP) is 1.47. The van der Waals surface area contributed by atoms with Crippen LogP contribution in [-0.2, 0) is 27.6 Å². The highest BCUT2D eigenvalue weighted by Gasteiger charge is 2.64. The number of rotatable bonds is 2. The Balaban J connectivity index is 1.51. The molecule has 2 heterocycles. The number of carbonyl (C=O) groups excluding carboxylic acids is 1. The van der Waals surface area contributed by atoms with E-state index in [2.05, 4.69) is 0 Å². The number of nitrogens with zero attached hydrogens (tertiary/aromatic N) is 1. The van der Waals surface area contributed by atoms with Crippen molar-refractivity contribution >= 4 is 15.9 Å². The van der Waals surface area contributed by atoms with Gasteiger partial charge in [-0.15, -0.1) is 0 Å². The first-order valence-electron chi connectivity index (χ1n) is 9.39. The predicted molar refractivity (Wildman–Crippen MR) is 95.3 cm³/mol. The standard InChI is InChI=1S/C19H24N2O4S/c20-26(23,24)16-8-14(7-13-3-1-4-15(13)16)17(22)21-9-18-5-2-6-19(18,10-21)12-25-11-18/h7-8H,1-6,9-12H2,(H2,20,23,24). The van der Waals surface area contributed by atoms with E-state index in [4.69, 9.17) is 9.88 Å². The van der Waals surface area contributed by atoms with Crippen LogP contribution in [0.1, 0.15) is 47.2 Å². The summed E-state index contributed by atoms with van der Waals surface area (Å²) in [5, 5.41) is 5.43. The van der Waals surface area contributed by atoms with Crippen molar-refractivity contribution in [1.82, 2.24) is 4.90 Å². The molecular weight excluding hydrogens is 352 g/mol. The first-order chi connectivity index (χ1) is 12.3. The number of nitrogens with two attached hydrogens (primary N) is 1. The number of hydrogen-bond donors (Lipinski definition) is 1. The van der Waals surface area contributed by atoms with Crippen molar-refractivity contribution in [1.29, 1.82) is 0 Å². The van der Waals surface area contributed by atoms with Gasteiger partial charge in [-0.3, -0.25) is 4.79 Å². The summed E-state index contributed by atoms with van der Waals surface area (Å²) in [5.74, 6) is -0.0698. The van der Waals surface area contributed by atoms with E-state index in [-0.39, 0.29) is 21.6 Å². The highest BCUT2D eigenvalue weighted by atomic mass is 32.2. The lowest BCUT2D eigenvalue weighted by Gasteiger charge is -2.28. The summed E-state index contributed by atoms with van der Waals surface area (Å²) in [7, 11) is -3.83. The van der Waals surface area contributed by atoms with Gasteiger partial charge in [0.15, 0.2) is 0 Å². The average Bonchev–Trinajstić information content (AvgIpc) is 3.27. The smallest absolute Gasteiger partial charge is 0.253 e. The van der Waals surface area contributed by atoms with E-state index in [0.29, 0.717) is 25.1 Å². The molecule has 2 aliphatic carbocycles. The topological polar surface area (TPSA) is 89.7 Å². The molecule has 3 fully saturated rings. The van der Waals surface area contributed by atoms with Gasteiger partial charge in [-0.1, -0.05) is 6.42 Å². The molecule has 140 valence electrons. The summed E-state index contributed by atoms with van der Waals surface area (Å²) in [6.07, 6.45) is 5.86. The van der Waals surface area contributed by atoms with Crippen LogP contribution in [0.15, 0.2) is 17.0 Å². The minimum Gasteiger partial charge on any atom is -0.380 e. The van der Waals surface area contributed by atoms with Crippen LogP contribution in [-0.4, -0.2) is 45.5 Å². The Bertz CT molecular complexity index is 878. The lowest BCUT2D eigenvalue weighted by atomic mass is 9.71. The fourth-order valence-corrected chi connectivity index (χ4v) is 6.80. The van der Waals surface area contributed by atoms with Crippen LogP contribution in [0.4, 0.5) is 0 Å². The fraction of sp³-hybridized carbons (Fsp3) is 0.632. The maximum atomic E-state index is 13.2. The van der Waals surface area contributed by atoms with Crippen LogP contribution in [0.25, 0.3) is 0 Å². The molecule has 0 radical (unpaired) electrons. The van der Waals surface area contributed by atoms with Gasteiger partial charge >= 0.3 is 0 Å². The first kappa shape index (κ1) is 16.7. The highest BCUT2D eigenvalue weighted by Crippen LogP contribution is 2.61. The van der Waals surface area contributed by atoms with E-state index in [9.17, 15) is 13.2 Å². The molecule has 7 heteroatoms. The van der Waals surface area contributed by atoms with Gasteiger partial charge in [-0.2, -0.15) is 0 Å². The summed E-state index contributed by atoms with van der Waals surface area (Å²) in [5.41, 5.74) is 2.41. The van der Waals surface area contributed by atoms with Gasteiger partial charge in [0.2, 0.25) is 10.0 Å². The van der Waals surface area contributed by atoms with Crippen LogP contribution in [0.5, 0.6) is 0 Å². The third-order valence-corrected chi connectivity index (χ3v) is 8.17. The summed E-state index contributed by atoms with van der Waals surface area (Å²) < 4.78 is 29.9. The number of carbonyl (C=O) groups is 1. The maximum absolute atomic E-state index is 13.2. The second-order valence-corrected chi connectivity index (χ2v) is 10.1. The van der Waals surface area contributed by atoms with Crippen molar-refractivity contribution in [2.45, 2.75) is 43.4 Å². The first-order valence-corrected chi connectivity index (χ1v) is 10.9. The van der Waals surface area contributed by atoms with Gasteiger partial charge in [0, 0.05) is 29.5 Å². The van der Waals surface area contributed by atoms with E-state index in [1.165, 1.54) is 12.5 Å². The lowest BCUT2D eigenvalue weighted by Crippen LogP contribution is -2.34. The normalized spacial score (nSPS) is 32.6. The molecule has 2 saturated heterocycles. The minimum absolute atomic E-state index is 0.0698. The third kappa shape index (κ3) is 2.17. The zero-order chi connectivity index (χ0) is 18.2. The van der Waals surface area contributed by atoms with Gasteiger partial charge in [0.25, 0.3) is 5.91 Å². The lowest BCUT2D eigenvalue weighted by molar-refractivity contribution is 0.0686. The molecule has 1 amide bonds. The number of aryl methyl sites for hydroxylation is 1. The Morgan fingerprint density at radius 2 is 1.77 bits per heavy atom. The molecule has 26 heavy (non-hydrogen) atoms. The van der Waals surface area contributed by atoms with Crippen molar-refractivity contribution in [3.05, 3.63) is 28.8 Å². The van der Waals surface area contributed by atoms with Gasteiger partial charge in [0.05, 0.1) is 18.1 Å². The van der Waals surface area contributed by atoms with E-state index in [1.54, 1.807) is 0 Å². The molecule has 0 bridgehead atoms. The molecule has 6 nitrogen and oxygen atoms in total. The SMILES string of the molecule is NS(=O)(=O)c1cc(C(=O)N2CC34CCCC3(COC4)C2)cc2c1CCC2. The number of benzene rings is 1. The van der Waals surface area contributed by atoms with Crippen molar-refractivity contribution < 1.29 is 17.9 Å². The number of sulfonamides is 1. The van der Waals surface area contributed by atoms with Crippen molar-refractivity contribution in [3.63, 3.8) is 0 Å². The fourth-order valence-electron chi connectivity index (χ4n) is 5.93. The van der Waals surface area contributed by atoms with Crippen LogP contribution in [0.3, 0.4) is 0 Å². The van der Waals surface area contributed by atoms with Crippen LogP contribution >= 0.6 is 0 Å². The Morgan fingerprint density at radius 1 is 1.08 bits per heavy atom. The number of amides is 1. The van der Waals surface area contributed by atoms with E-state index < -0.39 is 10.0 Å². The van der Waals surface area contributed by atoms with E-state index in [1.807, 2.05) is 11.0 Å². The molecule has 2 unspecified atom stereocenters. The Labute approximate surface area is 153 Å². The summed E-state index contributed by atoms with van der Waals surface area (Å²) in [4.78, 5) is 15.3. The molecule has 1 aromatic rings. The minimum atomic E-state index is -3.83. The Morgan fingerprint density at radius 3 is 2.42 bits per heavy atom. The van der Waals surface area contributed by atoms with Gasteiger partial charge in [-0.05, 0) is 55.4 Å². The third-order valence-electron chi connectivity index (χ3n) is 7.19. The van der Waals surface area contributed by atoms with Crippen molar-refractivity contribution in [3.8, 4) is 0 Å². The molecule has 5 rings (SSSR count). The zero-order valence-electron chi connectivity index (χ0n) is 14.8. The Hall–Kier alpha value is -1.44. The molecular formula is C19H24N2O4S. The number of ether oxygens (including phenoxy) is 1. The second kappa shape index (κ2) is 5.30. The number of fused-ring (bicyclic) bond motifs is 1. The highest BCUT2D eigenvalue weighted by molar-refractivity contribution is 7.89. The molecule has 0 aromatic heterocycles. The molecule has 2 atom stereocenters. The molecule has 1 saturated carbocycles. The van der Waals surface area contributed by atoms with Crippen LogP contribution in [0, 0.1) is 10.8 Å². The molecule has 2 N–H and O–H groups in total. The van der Waals surface area contributed by atoms with Crippen molar-refractivity contribution in [2.75, 3.05) is 26.3 Å². The number of likely N-dealkylation sites (tertiary alicyclic amines) is 1. The van der Waals surface area contributed by atoms with Crippen LogP contribution < -0.4 is 5.14 Å². The van der Waals surface area contributed by atoms with E-state index >= 15 is 0 Å². The van der Waals surface area contributed by atoms with Crippen molar-refractivity contribution in [2.24, 2.45) is 16.0 Å². The van der Waals surface area contributed by atoms with Crippen LogP contribution in [0.2, 0.25) is 0 Å². The molecule has 2 aliphatic heterocycles. The molecule has 1 aromatic carbocycles. The summed E-state index contributed by atoms with van der Waals surface area (Å²) in [6.45, 7) is 2.91. The maximum Gasteiger partial charge on any atom is 0.253 e. The van der Waals surface area contributed by atoms with Gasteiger partial charge in [0.1, 0.15) is 0 Å². The van der Waals surface area contributed by atoms with Gasteiger partial charge in [-0.25, -0.2) is 13.6 Å². The molecule has 4 aliphatic rings. The quantitative estimate of drug-likeness (QED) is 0.846. The zero-order valence-corrected chi connectivity index (χ0v) is 15.6. The second-order valence-electron chi connectivity index (χ2n) is 8.58. The molecule has 0 spiro atoms.